The van der Waals surface area contributed by atoms with Crippen molar-refractivity contribution >= 4 is 11.9 Å². The number of hydrogen-bond acceptors (Lipinski definition) is 5. The Kier molecular flexibility index (Phi) is 7.43. The van der Waals surface area contributed by atoms with Crippen LogP contribution in [0.3, 0.4) is 0 Å². The molecular formula is C13H25N3O3. The smallest absolute Gasteiger partial charge is 0.305 e. The van der Waals surface area contributed by atoms with E-state index in [0.717, 1.165) is 25.9 Å². The number of ether oxygens (including phenoxy) is 1. The van der Waals surface area contributed by atoms with Gasteiger partial charge in [-0.1, -0.05) is 0 Å². The van der Waals surface area contributed by atoms with Crippen LogP contribution in [0.5, 0.6) is 0 Å². The molecule has 6 nitrogen and oxygen atoms in total. The van der Waals surface area contributed by atoms with Crippen molar-refractivity contribution in [2.45, 2.75) is 25.7 Å². The molecule has 1 fully saturated rings. The first-order valence-corrected chi connectivity index (χ1v) is 6.91. The van der Waals surface area contributed by atoms with Crippen molar-refractivity contribution in [3.63, 3.8) is 0 Å². The maximum atomic E-state index is 11.7. The Bertz CT molecular complexity index is 297. The third-order valence-corrected chi connectivity index (χ3v) is 3.41. The number of rotatable bonds is 7. The molecule has 6 heteroatoms. The van der Waals surface area contributed by atoms with Crippen LogP contribution in [0.15, 0.2) is 0 Å². The van der Waals surface area contributed by atoms with Crippen molar-refractivity contribution in [2.75, 3.05) is 39.8 Å². The van der Waals surface area contributed by atoms with Crippen LogP contribution in [0.4, 0.5) is 0 Å². The molecule has 0 aromatic heterocycles. The third kappa shape index (κ3) is 6.54. The molecule has 1 amide bonds. The number of nitrogens with one attached hydrogen (secondary N) is 1. The summed E-state index contributed by atoms with van der Waals surface area (Å²) in [5.41, 5.74) is 5.67. The van der Waals surface area contributed by atoms with E-state index in [4.69, 9.17) is 5.73 Å². The second-order valence-electron chi connectivity index (χ2n) is 5.01. The molecule has 0 aromatic carbocycles. The van der Waals surface area contributed by atoms with Crippen LogP contribution < -0.4 is 11.1 Å². The highest BCUT2D eigenvalue weighted by molar-refractivity contribution is 5.78. The maximum absolute atomic E-state index is 11.7. The summed E-state index contributed by atoms with van der Waals surface area (Å²) in [6, 6.07) is 0. The van der Waals surface area contributed by atoms with Crippen molar-refractivity contribution in [1.29, 1.82) is 0 Å². The average molecular weight is 271 g/mol. The zero-order valence-electron chi connectivity index (χ0n) is 11.7. The van der Waals surface area contributed by atoms with Gasteiger partial charge in [-0.3, -0.25) is 14.5 Å². The Morgan fingerprint density at radius 3 is 2.95 bits per heavy atom. The largest absolute Gasteiger partial charge is 0.469 e. The van der Waals surface area contributed by atoms with Crippen LogP contribution in [0.2, 0.25) is 0 Å². The summed E-state index contributed by atoms with van der Waals surface area (Å²) in [5.74, 6) is 0.291. The van der Waals surface area contributed by atoms with Gasteiger partial charge in [0.05, 0.1) is 13.7 Å². The van der Waals surface area contributed by atoms with E-state index < -0.39 is 0 Å². The summed E-state index contributed by atoms with van der Waals surface area (Å²) in [5, 5.41) is 2.82. The number of esters is 1. The minimum Gasteiger partial charge on any atom is -0.469 e. The van der Waals surface area contributed by atoms with Crippen molar-refractivity contribution in [3.8, 4) is 0 Å². The minimum absolute atomic E-state index is 0.0162. The highest BCUT2D eigenvalue weighted by atomic mass is 16.5. The van der Waals surface area contributed by atoms with Gasteiger partial charge in [-0.15, -0.1) is 0 Å². The lowest BCUT2D eigenvalue weighted by atomic mass is 9.98. The predicted molar refractivity (Wildman–Crippen MR) is 72.5 cm³/mol. The van der Waals surface area contributed by atoms with E-state index in [1.807, 2.05) is 0 Å². The molecule has 0 aromatic rings. The van der Waals surface area contributed by atoms with E-state index >= 15 is 0 Å². The van der Waals surface area contributed by atoms with Gasteiger partial charge >= 0.3 is 5.97 Å². The molecular weight excluding hydrogens is 246 g/mol. The zero-order valence-corrected chi connectivity index (χ0v) is 11.7. The summed E-state index contributed by atoms with van der Waals surface area (Å²) in [6.45, 7) is 3.51. The normalized spacial score (nSPS) is 20.0. The van der Waals surface area contributed by atoms with Gasteiger partial charge in [-0.2, -0.15) is 0 Å². The van der Waals surface area contributed by atoms with E-state index in [1.165, 1.54) is 7.11 Å². The number of carbonyl (C=O) groups is 2. The summed E-state index contributed by atoms with van der Waals surface area (Å²) < 4.78 is 4.53. The minimum atomic E-state index is -0.240. The van der Waals surface area contributed by atoms with Crippen LogP contribution in [-0.2, 0) is 14.3 Å². The zero-order chi connectivity index (χ0) is 14.1. The fourth-order valence-electron chi connectivity index (χ4n) is 2.31. The predicted octanol–water partition coefficient (Wildman–Crippen LogP) is -0.273. The monoisotopic (exact) mass is 271 g/mol. The fraction of sp³-hybridized carbons (Fsp3) is 0.846. The summed E-state index contributed by atoms with van der Waals surface area (Å²) >= 11 is 0. The summed E-state index contributed by atoms with van der Waals surface area (Å²) in [6.07, 6.45) is 3.23. The first-order chi connectivity index (χ1) is 9.15. The number of nitrogens with zero attached hydrogens (tertiary/aromatic N) is 1. The number of amides is 1. The highest BCUT2D eigenvalue weighted by Gasteiger charge is 2.20. The molecule has 0 radical (unpaired) electrons. The van der Waals surface area contributed by atoms with E-state index in [9.17, 15) is 9.59 Å². The lowest BCUT2D eigenvalue weighted by molar-refractivity contribution is -0.140. The van der Waals surface area contributed by atoms with Crippen LogP contribution in [0, 0.1) is 5.92 Å². The molecule has 1 aliphatic heterocycles. The first-order valence-electron chi connectivity index (χ1n) is 6.91. The molecule has 1 unspecified atom stereocenters. The van der Waals surface area contributed by atoms with Gasteiger partial charge in [0.25, 0.3) is 0 Å². The Balaban J connectivity index is 2.11. The molecule has 0 aliphatic carbocycles. The quantitative estimate of drug-likeness (QED) is 0.492. The van der Waals surface area contributed by atoms with Crippen LogP contribution in [0.1, 0.15) is 25.7 Å². The first kappa shape index (κ1) is 15.9. The van der Waals surface area contributed by atoms with E-state index in [1.54, 1.807) is 0 Å². The summed E-state index contributed by atoms with van der Waals surface area (Å²) in [7, 11) is 1.37. The van der Waals surface area contributed by atoms with Crippen LogP contribution >= 0.6 is 0 Å². The molecule has 1 aliphatic rings. The van der Waals surface area contributed by atoms with Gasteiger partial charge < -0.3 is 15.8 Å². The highest BCUT2D eigenvalue weighted by Crippen LogP contribution is 2.14. The van der Waals surface area contributed by atoms with Crippen LogP contribution in [0.25, 0.3) is 0 Å². The fourth-order valence-corrected chi connectivity index (χ4v) is 2.31. The Labute approximate surface area is 114 Å². The standard InChI is InChI=1S/C13H25N3O3/c1-19-13(18)5-2-6-15-12(17)10-16-7-3-4-11(8-14)9-16/h11H,2-10,14H2,1H3,(H,15,17). The molecule has 1 rings (SSSR count). The lowest BCUT2D eigenvalue weighted by Gasteiger charge is -2.31. The van der Waals surface area contributed by atoms with E-state index in [0.29, 0.717) is 38.4 Å². The van der Waals surface area contributed by atoms with Crippen molar-refractivity contribution in [2.24, 2.45) is 11.7 Å². The SMILES string of the molecule is COC(=O)CCCNC(=O)CN1CCCC(CN)C1. The van der Waals surface area contributed by atoms with Gasteiger partial charge in [-0.25, -0.2) is 0 Å². The topological polar surface area (TPSA) is 84.7 Å². The molecule has 3 N–H and O–H groups in total. The Hall–Kier alpha value is -1.14. The lowest BCUT2D eigenvalue weighted by Crippen LogP contribution is -2.44. The number of methoxy groups -OCH3 is 1. The van der Waals surface area contributed by atoms with Gasteiger partial charge in [0, 0.05) is 19.5 Å². The third-order valence-electron chi connectivity index (χ3n) is 3.41. The number of carbonyl (C=O) groups excluding carboxylic acids is 2. The van der Waals surface area contributed by atoms with Gasteiger partial charge in [0.1, 0.15) is 0 Å². The van der Waals surface area contributed by atoms with Crippen LogP contribution in [-0.4, -0.2) is 56.6 Å². The van der Waals surface area contributed by atoms with Gasteiger partial charge in [0.2, 0.25) is 5.91 Å². The molecule has 0 spiro atoms. The average Bonchev–Trinajstić information content (AvgIpc) is 2.43. The molecule has 1 heterocycles. The second-order valence-corrected chi connectivity index (χ2v) is 5.01. The van der Waals surface area contributed by atoms with Gasteiger partial charge in [-0.05, 0) is 38.3 Å². The Morgan fingerprint density at radius 2 is 2.26 bits per heavy atom. The second kappa shape index (κ2) is 8.87. The van der Waals surface area contributed by atoms with Crippen molar-refractivity contribution < 1.29 is 14.3 Å². The van der Waals surface area contributed by atoms with E-state index in [-0.39, 0.29) is 11.9 Å². The van der Waals surface area contributed by atoms with Crippen molar-refractivity contribution in [1.82, 2.24) is 10.2 Å². The van der Waals surface area contributed by atoms with Gasteiger partial charge in [0.15, 0.2) is 0 Å². The maximum Gasteiger partial charge on any atom is 0.305 e. The summed E-state index contributed by atoms with van der Waals surface area (Å²) in [4.78, 5) is 24.8. The molecule has 0 saturated carbocycles. The molecule has 19 heavy (non-hydrogen) atoms. The number of nitrogens with two attached hydrogens (primary N) is 1. The number of piperidine rings is 1. The molecule has 1 atom stereocenters. The van der Waals surface area contributed by atoms with E-state index in [2.05, 4.69) is 15.0 Å². The van der Waals surface area contributed by atoms with Crippen molar-refractivity contribution in [3.05, 3.63) is 0 Å². The number of hydrogen-bond donors (Lipinski definition) is 2. The molecule has 0 bridgehead atoms. The number of likely N-dealkylation sites (tertiary alicyclic amines) is 1. The molecule has 110 valence electrons. The Morgan fingerprint density at radius 1 is 1.47 bits per heavy atom. The molecule has 1 saturated heterocycles.